The standard InChI is InChI=1S/C14H19ClN2O/c1-14(2)9-16-8-7-12(14)17-13(18)10-3-5-11(15)6-4-10/h3-6,12,16H,7-9H2,1-2H3,(H,17,18). The summed E-state index contributed by atoms with van der Waals surface area (Å²) in [5, 5.41) is 7.13. The van der Waals surface area contributed by atoms with Crippen LogP contribution in [0.2, 0.25) is 5.02 Å². The molecule has 0 spiro atoms. The normalized spacial score (nSPS) is 22.5. The number of hydrogen-bond acceptors (Lipinski definition) is 2. The van der Waals surface area contributed by atoms with E-state index in [0.717, 1.165) is 19.5 Å². The predicted molar refractivity (Wildman–Crippen MR) is 74.0 cm³/mol. The maximum absolute atomic E-state index is 12.1. The van der Waals surface area contributed by atoms with Crippen LogP contribution in [0, 0.1) is 5.41 Å². The molecule has 3 nitrogen and oxygen atoms in total. The molecule has 1 aliphatic heterocycles. The molecule has 1 unspecified atom stereocenters. The van der Waals surface area contributed by atoms with E-state index in [4.69, 9.17) is 11.6 Å². The SMILES string of the molecule is CC1(C)CNCCC1NC(=O)c1ccc(Cl)cc1. The average molecular weight is 267 g/mol. The summed E-state index contributed by atoms with van der Waals surface area (Å²) in [5.41, 5.74) is 0.745. The first-order valence-electron chi connectivity index (χ1n) is 6.26. The smallest absolute Gasteiger partial charge is 0.251 e. The van der Waals surface area contributed by atoms with Gasteiger partial charge in [0.1, 0.15) is 0 Å². The molecule has 1 aromatic rings. The molecule has 1 fully saturated rings. The van der Waals surface area contributed by atoms with Crippen LogP contribution >= 0.6 is 11.6 Å². The highest BCUT2D eigenvalue weighted by atomic mass is 35.5. The van der Waals surface area contributed by atoms with Crippen LogP contribution in [0.25, 0.3) is 0 Å². The van der Waals surface area contributed by atoms with Crippen molar-refractivity contribution in [3.63, 3.8) is 0 Å². The monoisotopic (exact) mass is 266 g/mol. The second-order valence-electron chi connectivity index (χ2n) is 5.49. The molecule has 1 aromatic carbocycles. The van der Waals surface area contributed by atoms with Gasteiger partial charge >= 0.3 is 0 Å². The summed E-state index contributed by atoms with van der Waals surface area (Å²) in [6, 6.07) is 7.20. The number of piperidine rings is 1. The first-order chi connectivity index (χ1) is 8.49. The molecule has 2 rings (SSSR count). The zero-order chi connectivity index (χ0) is 13.2. The van der Waals surface area contributed by atoms with Crippen molar-refractivity contribution in [1.82, 2.24) is 10.6 Å². The molecule has 1 aliphatic rings. The minimum atomic E-state index is -0.0216. The van der Waals surface area contributed by atoms with Gasteiger partial charge in [0.2, 0.25) is 0 Å². The Balaban J connectivity index is 2.04. The van der Waals surface area contributed by atoms with E-state index in [1.807, 2.05) is 0 Å². The van der Waals surface area contributed by atoms with Gasteiger partial charge in [-0.1, -0.05) is 25.4 Å². The van der Waals surface area contributed by atoms with Gasteiger partial charge in [0.05, 0.1) is 0 Å². The van der Waals surface area contributed by atoms with E-state index in [0.29, 0.717) is 10.6 Å². The maximum atomic E-state index is 12.1. The zero-order valence-corrected chi connectivity index (χ0v) is 11.6. The van der Waals surface area contributed by atoms with Gasteiger partial charge in [0.25, 0.3) is 5.91 Å². The molecular formula is C14H19ClN2O. The van der Waals surface area contributed by atoms with Crippen molar-refractivity contribution in [2.24, 2.45) is 5.41 Å². The third-order valence-electron chi connectivity index (χ3n) is 3.55. The Kier molecular flexibility index (Phi) is 3.93. The van der Waals surface area contributed by atoms with Gasteiger partial charge in [-0.05, 0) is 42.6 Å². The molecule has 0 aromatic heterocycles. The molecular weight excluding hydrogens is 248 g/mol. The van der Waals surface area contributed by atoms with E-state index < -0.39 is 0 Å². The van der Waals surface area contributed by atoms with Crippen LogP contribution in [0.4, 0.5) is 0 Å². The van der Waals surface area contributed by atoms with E-state index in [2.05, 4.69) is 24.5 Å². The molecule has 1 atom stereocenters. The number of halogens is 1. The molecule has 98 valence electrons. The average Bonchev–Trinajstić information content (AvgIpc) is 2.32. The van der Waals surface area contributed by atoms with Crippen LogP contribution < -0.4 is 10.6 Å². The molecule has 2 N–H and O–H groups in total. The third kappa shape index (κ3) is 3.03. The molecule has 1 saturated heterocycles. The van der Waals surface area contributed by atoms with E-state index in [1.165, 1.54) is 0 Å². The highest BCUT2D eigenvalue weighted by Crippen LogP contribution is 2.25. The van der Waals surface area contributed by atoms with Crippen LogP contribution in [0.1, 0.15) is 30.6 Å². The Morgan fingerprint density at radius 2 is 2.06 bits per heavy atom. The van der Waals surface area contributed by atoms with Crippen molar-refractivity contribution >= 4 is 17.5 Å². The lowest BCUT2D eigenvalue weighted by atomic mass is 9.80. The summed E-state index contributed by atoms with van der Waals surface area (Å²) in [4.78, 5) is 12.1. The predicted octanol–water partition coefficient (Wildman–Crippen LogP) is 2.46. The number of nitrogens with one attached hydrogen (secondary N) is 2. The van der Waals surface area contributed by atoms with Gasteiger partial charge in [0.15, 0.2) is 0 Å². The lowest BCUT2D eigenvalue weighted by Crippen LogP contribution is -2.54. The van der Waals surface area contributed by atoms with Gasteiger partial charge in [-0.25, -0.2) is 0 Å². The number of amides is 1. The minimum Gasteiger partial charge on any atom is -0.349 e. The third-order valence-corrected chi connectivity index (χ3v) is 3.80. The van der Waals surface area contributed by atoms with E-state index in [1.54, 1.807) is 24.3 Å². The van der Waals surface area contributed by atoms with Crippen molar-refractivity contribution in [3.05, 3.63) is 34.9 Å². The topological polar surface area (TPSA) is 41.1 Å². The second kappa shape index (κ2) is 5.29. The Labute approximate surface area is 113 Å². The molecule has 1 amide bonds. The number of rotatable bonds is 2. The fourth-order valence-electron chi connectivity index (χ4n) is 2.28. The van der Waals surface area contributed by atoms with Crippen molar-refractivity contribution in [2.45, 2.75) is 26.3 Å². The van der Waals surface area contributed by atoms with E-state index in [-0.39, 0.29) is 17.4 Å². The number of benzene rings is 1. The van der Waals surface area contributed by atoms with Crippen molar-refractivity contribution in [2.75, 3.05) is 13.1 Å². The first-order valence-corrected chi connectivity index (χ1v) is 6.64. The van der Waals surface area contributed by atoms with Crippen LogP contribution in [-0.2, 0) is 0 Å². The highest BCUT2D eigenvalue weighted by molar-refractivity contribution is 6.30. The quantitative estimate of drug-likeness (QED) is 0.863. The summed E-state index contributed by atoms with van der Waals surface area (Å²) in [5.74, 6) is -0.0216. The second-order valence-corrected chi connectivity index (χ2v) is 5.92. The molecule has 0 radical (unpaired) electrons. The van der Waals surface area contributed by atoms with Crippen LogP contribution in [0.3, 0.4) is 0 Å². The van der Waals surface area contributed by atoms with Gasteiger partial charge in [-0.3, -0.25) is 4.79 Å². The molecule has 0 saturated carbocycles. The summed E-state index contributed by atoms with van der Waals surface area (Å²) < 4.78 is 0. The van der Waals surface area contributed by atoms with Crippen LogP contribution in [0.5, 0.6) is 0 Å². The molecule has 1 heterocycles. The van der Waals surface area contributed by atoms with E-state index >= 15 is 0 Å². The van der Waals surface area contributed by atoms with Gasteiger partial charge < -0.3 is 10.6 Å². The number of carbonyl (C=O) groups excluding carboxylic acids is 1. The van der Waals surface area contributed by atoms with Gasteiger partial charge in [0, 0.05) is 23.2 Å². The van der Waals surface area contributed by atoms with Crippen LogP contribution in [0.15, 0.2) is 24.3 Å². The molecule has 0 aliphatic carbocycles. The molecule has 0 bridgehead atoms. The van der Waals surface area contributed by atoms with E-state index in [9.17, 15) is 4.79 Å². The largest absolute Gasteiger partial charge is 0.349 e. The fourth-order valence-corrected chi connectivity index (χ4v) is 2.41. The lowest BCUT2D eigenvalue weighted by molar-refractivity contribution is 0.0868. The Hall–Kier alpha value is -1.06. The summed E-state index contributed by atoms with van der Waals surface area (Å²) >= 11 is 5.81. The number of hydrogen-bond donors (Lipinski definition) is 2. The lowest BCUT2D eigenvalue weighted by Gasteiger charge is -2.39. The zero-order valence-electron chi connectivity index (χ0n) is 10.8. The number of carbonyl (C=O) groups is 1. The summed E-state index contributed by atoms with van der Waals surface area (Å²) in [7, 11) is 0. The Morgan fingerprint density at radius 1 is 1.39 bits per heavy atom. The van der Waals surface area contributed by atoms with Crippen molar-refractivity contribution in [1.29, 1.82) is 0 Å². The van der Waals surface area contributed by atoms with Crippen molar-refractivity contribution < 1.29 is 4.79 Å². The molecule has 18 heavy (non-hydrogen) atoms. The van der Waals surface area contributed by atoms with Crippen LogP contribution in [-0.4, -0.2) is 25.0 Å². The van der Waals surface area contributed by atoms with Crippen molar-refractivity contribution in [3.8, 4) is 0 Å². The van der Waals surface area contributed by atoms with Gasteiger partial charge in [-0.2, -0.15) is 0 Å². The Bertz CT molecular complexity index is 428. The Morgan fingerprint density at radius 3 is 2.67 bits per heavy atom. The summed E-state index contributed by atoms with van der Waals surface area (Å²) in [6.07, 6.45) is 0.965. The first kappa shape index (κ1) is 13.4. The van der Waals surface area contributed by atoms with Gasteiger partial charge in [-0.15, -0.1) is 0 Å². The maximum Gasteiger partial charge on any atom is 0.251 e. The fraction of sp³-hybridized carbons (Fsp3) is 0.500. The summed E-state index contributed by atoms with van der Waals surface area (Å²) in [6.45, 7) is 6.23. The molecule has 4 heteroatoms. The highest BCUT2D eigenvalue weighted by Gasteiger charge is 2.33. The minimum absolute atomic E-state index is 0.0216.